The fraction of sp³-hybridized carbons (Fsp3) is 0.412. The van der Waals surface area contributed by atoms with E-state index >= 15 is 0 Å². The van der Waals surface area contributed by atoms with Gasteiger partial charge in [-0.15, -0.1) is 0 Å². The zero-order chi connectivity index (χ0) is 16.4. The molecule has 23 heavy (non-hydrogen) atoms. The molecule has 1 fully saturated rings. The minimum absolute atomic E-state index is 0.291. The molecule has 0 atom stereocenters. The van der Waals surface area contributed by atoms with Crippen LogP contribution in [0.5, 0.6) is 0 Å². The van der Waals surface area contributed by atoms with Gasteiger partial charge in [0.05, 0.1) is 12.6 Å². The molecule has 1 aliphatic rings. The van der Waals surface area contributed by atoms with Gasteiger partial charge in [0.25, 0.3) is 0 Å². The molecule has 3 rings (SSSR count). The molecule has 0 N–H and O–H groups in total. The van der Waals surface area contributed by atoms with Crippen LogP contribution in [0.15, 0.2) is 18.2 Å². The van der Waals surface area contributed by atoms with Crippen molar-refractivity contribution < 1.29 is 14.3 Å². The average molecular weight is 333 g/mol. The number of benzene rings is 1. The van der Waals surface area contributed by atoms with Crippen molar-refractivity contribution in [2.75, 3.05) is 20.3 Å². The highest BCUT2D eigenvalue weighted by Gasteiger charge is 2.25. The Morgan fingerprint density at radius 2 is 2.22 bits per heavy atom. The van der Waals surface area contributed by atoms with Crippen LogP contribution < -0.4 is 0 Å². The molecule has 120 valence electrons. The molecule has 6 heteroatoms. The molecular formula is C17H17ClN2O3. The number of methoxy groups -OCH3 is 1. The molecule has 0 aliphatic carbocycles. The van der Waals surface area contributed by atoms with Gasteiger partial charge in [0, 0.05) is 30.2 Å². The van der Waals surface area contributed by atoms with E-state index in [-0.39, 0.29) is 0 Å². The lowest BCUT2D eigenvalue weighted by atomic mass is 10.0. The standard InChI is InChI=1S/C17H17ClN2O3/c1-22-17(21)16-13-8-12(18)2-3-14(13)20(15(16)9-19)10-11-4-6-23-7-5-11/h2-3,8,11H,4-7,10H2,1H3. The third-order valence-corrected chi connectivity index (χ3v) is 4.54. The summed E-state index contributed by atoms with van der Waals surface area (Å²) in [6, 6.07) is 7.50. The first-order chi connectivity index (χ1) is 11.2. The molecule has 1 aliphatic heterocycles. The predicted octanol–water partition coefficient (Wildman–Crippen LogP) is 3.38. The number of esters is 1. The van der Waals surface area contributed by atoms with Gasteiger partial charge in [0.1, 0.15) is 17.3 Å². The lowest BCUT2D eigenvalue weighted by Crippen LogP contribution is -2.21. The molecule has 0 saturated carbocycles. The maximum Gasteiger partial charge on any atom is 0.341 e. The molecule has 0 radical (unpaired) electrons. The van der Waals surface area contributed by atoms with Gasteiger partial charge in [-0.1, -0.05) is 11.6 Å². The second-order valence-electron chi connectivity index (χ2n) is 5.65. The molecule has 2 aromatic rings. The summed E-state index contributed by atoms with van der Waals surface area (Å²) in [6.45, 7) is 2.16. The zero-order valence-corrected chi connectivity index (χ0v) is 13.6. The summed E-state index contributed by atoms with van der Waals surface area (Å²) in [5.41, 5.74) is 1.46. The van der Waals surface area contributed by atoms with Gasteiger partial charge >= 0.3 is 5.97 Å². The Bertz CT molecular complexity index is 785. The number of hydrogen-bond donors (Lipinski definition) is 0. The number of hydrogen-bond acceptors (Lipinski definition) is 4. The van der Waals surface area contributed by atoms with Gasteiger partial charge in [-0.3, -0.25) is 0 Å². The lowest BCUT2D eigenvalue weighted by molar-refractivity contribution is 0.0594. The molecule has 1 aromatic carbocycles. The summed E-state index contributed by atoms with van der Waals surface area (Å²) in [5, 5.41) is 10.8. The van der Waals surface area contributed by atoms with Crippen molar-refractivity contribution in [3.63, 3.8) is 0 Å². The monoisotopic (exact) mass is 332 g/mol. The van der Waals surface area contributed by atoms with Crippen molar-refractivity contribution in [2.45, 2.75) is 19.4 Å². The number of carbonyl (C=O) groups excluding carboxylic acids is 1. The van der Waals surface area contributed by atoms with E-state index in [4.69, 9.17) is 21.1 Å². The van der Waals surface area contributed by atoms with E-state index < -0.39 is 5.97 Å². The second kappa shape index (κ2) is 6.61. The van der Waals surface area contributed by atoms with E-state index in [2.05, 4.69) is 6.07 Å². The smallest absolute Gasteiger partial charge is 0.341 e. The number of fused-ring (bicyclic) bond motifs is 1. The first-order valence-corrected chi connectivity index (χ1v) is 7.91. The molecule has 2 heterocycles. The number of halogens is 1. The van der Waals surface area contributed by atoms with E-state index in [9.17, 15) is 10.1 Å². The molecule has 0 spiro atoms. The van der Waals surface area contributed by atoms with Crippen molar-refractivity contribution in [1.82, 2.24) is 4.57 Å². The van der Waals surface area contributed by atoms with E-state index in [1.54, 1.807) is 12.1 Å². The lowest BCUT2D eigenvalue weighted by Gasteiger charge is -2.23. The third-order valence-electron chi connectivity index (χ3n) is 4.30. The fourth-order valence-electron chi connectivity index (χ4n) is 3.13. The van der Waals surface area contributed by atoms with Gasteiger partial charge < -0.3 is 14.0 Å². The summed E-state index contributed by atoms with van der Waals surface area (Å²) in [4.78, 5) is 12.2. The molecule has 0 bridgehead atoms. The van der Waals surface area contributed by atoms with E-state index in [0.717, 1.165) is 31.6 Å². The Balaban J connectivity index is 2.15. The highest BCUT2D eigenvalue weighted by atomic mass is 35.5. The highest BCUT2D eigenvalue weighted by molar-refractivity contribution is 6.31. The van der Waals surface area contributed by atoms with Gasteiger partial charge in [0.2, 0.25) is 0 Å². The number of nitrogens with zero attached hydrogens (tertiary/aromatic N) is 2. The van der Waals surface area contributed by atoms with Gasteiger partial charge in [-0.25, -0.2) is 4.79 Å². The number of aromatic nitrogens is 1. The summed E-state index contributed by atoms with van der Waals surface area (Å²) >= 11 is 6.07. The van der Waals surface area contributed by atoms with Crippen molar-refractivity contribution in [3.05, 3.63) is 34.5 Å². The van der Waals surface area contributed by atoms with Crippen LogP contribution in [-0.4, -0.2) is 30.9 Å². The summed E-state index contributed by atoms with van der Waals surface area (Å²) in [5.74, 6) is -0.0906. The zero-order valence-electron chi connectivity index (χ0n) is 12.8. The van der Waals surface area contributed by atoms with Crippen LogP contribution in [0, 0.1) is 17.2 Å². The van der Waals surface area contributed by atoms with Gasteiger partial charge in [0.15, 0.2) is 0 Å². The van der Waals surface area contributed by atoms with E-state index in [0.29, 0.717) is 34.1 Å². The molecule has 0 amide bonds. The van der Waals surface area contributed by atoms with Crippen LogP contribution in [0.25, 0.3) is 10.9 Å². The van der Waals surface area contributed by atoms with E-state index in [1.807, 2.05) is 10.6 Å². The average Bonchev–Trinajstić information content (AvgIpc) is 2.87. The highest BCUT2D eigenvalue weighted by Crippen LogP contribution is 2.31. The van der Waals surface area contributed by atoms with Crippen LogP contribution >= 0.6 is 11.6 Å². The number of rotatable bonds is 3. The third kappa shape index (κ3) is 2.92. The predicted molar refractivity (Wildman–Crippen MR) is 86.5 cm³/mol. The molecule has 5 nitrogen and oxygen atoms in total. The summed E-state index contributed by atoms with van der Waals surface area (Å²) in [7, 11) is 1.32. The first kappa shape index (κ1) is 15.9. The number of carbonyl (C=O) groups is 1. The van der Waals surface area contributed by atoms with Crippen LogP contribution in [0.3, 0.4) is 0 Å². The van der Waals surface area contributed by atoms with Crippen LogP contribution in [0.4, 0.5) is 0 Å². The molecule has 0 unspecified atom stereocenters. The number of ether oxygens (including phenoxy) is 2. The Labute approximate surface area is 139 Å². The Kier molecular flexibility index (Phi) is 4.56. The van der Waals surface area contributed by atoms with Crippen molar-refractivity contribution in [1.29, 1.82) is 5.26 Å². The Morgan fingerprint density at radius 1 is 1.48 bits per heavy atom. The normalized spacial score (nSPS) is 15.5. The van der Waals surface area contributed by atoms with Crippen LogP contribution in [0.1, 0.15) is 28.9 Å². The molecule has 1 saturated heterocycles. The van der Waals surface area contributed by atoms with Gasteiger partial charge in [-0.05, 0) is 37.0 Å². The first-order valence-electron chi connectivity index (χ1n) is 7.53. The van der Waals surface area contributed by atoms with Crippen molar-refractivity contribution in [3.8, 4) is 6.07 Å². The SMILES string of the molecule is COC(=O)c1c(C#N)n(CC2CCOCC2)c2ccc(Cl)cc12. The second-order valence-corrected chi connectivity index (χ2v) is 6.09. The maximum absolute atomic E-state index is 12.2. The van der Waals surface area contributed by atoms with Crippen LogP contribution in [0.2, 0.25) is 5.02 Å². The Morgan fingerprint density at radius 3 is 2.87 bits per heavy atom. The summed E-state index contributed by atoms with van der Waals surface area (Å²) < 4.78 is 12.2. The topological polar surface area (TPSA) is 64.2 Å². The molecule has 1 aromatic heterocycles. The molecular weight excluding hydrogens is 316 g/mol. The fourth-order valence-corrected chi connectivity index (χ4v) is 3.30. The van der Waals surface area contributed by atoms with Gasteiger partial charge in [-0.2, -0.15) is 5.26 Å². The minimum atomic E-state index is -0.514. The quantitative estimate of drug-likeness (QED) is 0.808. The largest absolute Gasteiger partial charge is 0.465 e. The maximum atomic E-state index is 12.2. The van der Waals surface area contributed by atoms with Crippen molar-refractivity contribution in [2.24, 2.45) is 5.92 Å². The Hall–Kier alpha value is -2.03. The number of nitriles is 1. The minimum Gasteiger partial charge on any atom is -0.465 e. The van der Waals surface area contributed by atoms with Crippen LogP contribution in [-0.2, 0) is 16.0 Å². The summed E-state index contributed by atoms with van der Waals surface area (Å²) in [6.07, 6.45) is 1.90. The van der Waals surface area contributed by atoms with Crippen molar-refractivity contribution >= 4 is 28.5 Å². The van der Waals surface area contributed by atoms with E-state index in [1.165, 1.54) is 7.11 Å².